The summed E-state index contributed by atoms with van der Waals surface area (Å²) >= 11 is 1.74. The topological polar surface area (TPSA) is 38.1 Å². The van der Waals surface area contributed by atoms with E-state index in [1.165, 1.54) is 10.4 Å². The summed E-state index contributed by atoms with van der Waals surface area (Å²) in [6, 6.07) is 0. The van der Waals surface area contributed by atoms with Crippen molar-refractivity contribution in [2.24, 2.45) is 0 Å². The van der Waals surface area contributed by atoms with E-state index in [4.69, 9.17) is 4.98 Å². The molecule has 0 amide bonds. The van der Waals surface area contributed by atoms with E-state index < -0.39 is 0 Å². The van der Waals surface area contributed by atoms with Gasteiger partial charge in [-0.2, -0.15) is 0 Å². The zero-order valence-corrected chi connectivity index (χ0v) is 11.9. The van der Waals surface area contributed by atoms with E-state index in [0.717, 1.165) is 61.5 Å². The third kappa shape index (κ3) is 1.61. The average molecular weight is 275 g/mol. The predicted molar refractivity (Wildman–Crippen MR) is 76.9 cm³/mol. The van der Waals surface area contributed by atoms with Gasteiger partial charge in [0.1, 0.15) is 10.7 Å². The van der Waals surface area contributed by atoms with Crippen molar-refractivity contribution in [2.45, 2.75) is 39.3 Å². The van der Waals surface area contributed by atoms with Gasteiger partial charge in [-0.05, 0) is 24.9 Å². The molecule has 2 aromatic heterocycles. The van der Waals surface area contributed by atoms with E-state index in [0.29, 0.717) is 0 Å². The second kappa shape index (κ2) is 4.15. The van der Waals surface area contributed by atoms with E-state index in [1.54, 1.807) is 11.3 Å². The molecule has 2 aliphatic rings. The van der Waals surface area contributed by atoms with Crippen LogP contribution in [-0.4, -0.2) is 27.5 Å². The third-order valence-corrected chi connectivity index (χ3v) is 5.53. The Kier molecular flexibility index (Phi) is 2.53. The molecular formula is C14H17N3OS. The van der Waals surface area contributed by atoms with E-state index in [1.807, 2.05) is 4.57 Å². The normalized spacial score (nSPS) is 18.8. The highest BCUT2D eigenvalue weighted by Crippen LogP contribution is 2.33. The Morgan fingerprint density at radius 1 is 1.32 bits per heavy atom. The maximum Gasteiger partial charge on any atom is 0.262 e. The largest absolute Gasteiger partial charge is 0.299 e. The van der Waals surface area contributed by atoms with Crippen molar-refractivity contribution >= 4 is 21.6 Å². The second-order valence-corrected chi connectivity index (χ2v) is 6.47. The van der Waals surface area contributed by atoms with Gasteiger partial charge in [-0.15, -0.1) is 11.3 Å². The van der Waals surface area contributed by atoms with Crippen LogP contribution in [0.15, 0.2) is 4.79 Å². The summed E-state index contributed by atoms with van der Waals surface area (Å²) in [6.07, 6.45) is 3.08. The van der Waals surface area contributed by atoms with Crippen LogP contribution in [0.25, 0.3) is 10.2 Å². The molecule has 0 aromatic carbocycles. The zero-order valence-electron chi connectivity index (χ0n) is 11.1. The maximum absolute atomic E-state index is 12.7. The van der Waals surface area contributed by atoms with Crippen molar-refractivity contribution in [1.82, 2.24) is 14.5 Å². The lowest BCUT2D eigenvalue weighted by Crippen LogP contribution is -2.30. The number of aryl methyl sites for hydroxylation is 1. The lowest BCUT2D eigenvalue weighted by atomic mass is 10.1. The van der Waals surface area contributed by atoms with Crippen LogP contribution in [-0.2, 0) is 25.9 Å². The lowest BCUT2D eigenvalue weighted by molar-refractivity contribution is 0.271. The molecule has 100 valence electrons. The molecule has 4 heterocycles. The van der Waals surface area contributed by atoms with Crippen LogP contribution >= 0.6 is 11.3 Å². The Hall–Kier alpha value is -1.20. The molecule has 4 rings (SSSR count). The first kappa shape index (κ1) is 11.6. The van der Waals surface area contributed by atoms with E-state index in [-0.39, 0.29) is 5.56 Å². The van der Waals surface area contributed by atoms with Crippen molar-refractivity contribution in [3.05, 3.63) is 26.6 Å². The molecule has 4 nitrogen and oxygen atoms in total. The Bertz CT molecular complexity index is 716. The van der Waals surface area contributed by atoms with E-state index in [2.05, 4.69) is 11.8 Å². The summed E-state index contributed by atoms with van der Waals surface area (Å²) in [5.74, 6) is 0.989. The smallest absolute Gasteiger partial charge is 0.262 e. The first-order valence-electron chi connectivity index (χ1n) is 7.04. The van der Waals surface area contributed by atoms with E-state index >= 15 is 0 Å². The van der Waals surface area contributed by atoms with E-state index in [9.17, 15) is 4.79 Å². The third-order valence-electron chi connectivity index (χ3n) is 4.34. The number of likely N-dealkylation sites (N-methyl/N-ethyl adjacent to an activating group) is 1. The fourth-order valence-corrected chi connectivity index (χ4v) is 4.43. The monoisotopic (exact) mass is 275 g/mol. The highest BCUT2D eigenvalue weighted by molar-refractivity contribution is 7.18. The van der Waals surface area contributed by atoms with Crippen molar-refractivity contribution in [1.29, 1.82) is 0 Å². The molecule has 0 aliphatic carbocycles. The average Bonchev–Trinajstić information content (AvgIpc) is 3.01. The summed E-state index contributed by atoms with van der Waals surface area (Å²) in [7, 11) is 0. The van der Waals surface area contributed by atoms with Gasteiger partial charge in [0.05, 0.1) is 5.39 Å². The Labute approximate surface area is 115 Å². The fourth-order valence-electron chi connectivity index (χ4n) is 3.24. The molecule has 0 unspecified atom stereocenters. The molecule has 2 aromatic rings. The summed E-state index contributed by atoms with van der Waals surface area (Å²) < 4.78 is 1.89. The van der Waals surface area contributed by atoms with Crippen molar-refractivity contribution < 1.29 is 0 Å². The molecule has 5 heteroatoms. The number of rotatable bonds is 1. The van der Waals surface area contributed by atoms with Crippen LogP contribution in [0.5, 0.6) is 0 Å². The molecule has 0 saturated carbocycles. The predicted octanol–water partition coefficient (Wildman–Crippen LogP) is 1.78. The van der Waals surface area contributed by atoms with Gasteiger partial charge in [0.15, 0.2) is 0 Å². The number of nitrogens with zero attached hydrogens (tertiary/aromatic N) is 3. The molecule has 19 heavy (non-hydrogen) atoms. The zero-order chi connectivity index (χ0) is 13.0. The van der Waals surface area contributed by atoms with Crippen molar-refractivity contribution in [2.75, 3.05) is 13.1 Å². The molecule has 0 bridgehead atoms. The highest BCUT2D eigenvalue weighted by atomic mass is 32.1. The van der Waals surface area contributed by atoms with Crippen LogP contribution in [0.1, 0.15) is 29.6 Å². The number of hydrogen-bond donors (Lipinski definition) is 0. The summed E-state index contributed by atoms with van der Waals surface area (Å²) in [4.78, 5) is 22.2. The minimum Gasteiger partial charge on any atom is -0.299 e. The summed E-state index contributed by atoms with van der Waals surface area (Å²) in [6.45, 7) is 6.11. The molecule has 0 fully saturated rings. The maximum atomic E-state index is 12.7. The number of fused-ring (bicyclic) bond motifs is 4. The first-order chi connectivity index (χ1) is 9.28. The molecule has 0 atom stereocenters. The van der Waals surface area contributed by atoms with Crippen LogP contribution in [0.2, 0.25) is 0 Å². The minimum absolute atomic E-state index is 0.202. The van der Waals surface area contributed by atoms with Gasteiger partial charge in [0.2, 0.25) is 0 Å². The van der Waals surface area contributed by atoms with Gasteiger partial charge in [-0.3, -0.25) is 14.3 Å². The molecule has 0 N–H and O–H groups in total. The number of aromatic nitrogens is 2. The van der Waals surface area contributed by atoms with Crippen LogP contribution in [0.3, 0.4) is 0 Å². The summed E-state index contributed by atoms with van der Waals surface area (Å²) in [5, 5.41) is 0.906. The number of thiophene rings is 1. The van der Waals surface area contributed by atoms with Crippen LogP contribution in [0.4, 0.5) is 0 Å². The van der Waals surface area contributed by atoms with Crippen molar-refractivity contribution in [3.63, 3.8) is 0 Å². The second-order valence-electron chi connectivity index (χ2n) is 5.39. The first-order valence-corrected chi connectivity index (χ1v) is 7.86. The van der Waals surface area contributed by atoms with Gasteiger partial charge < -0.3 is 0 Å². The molecule has 0 spiro atoms. The van der Waals surface area contributed by atoms with Crippen LogP contribution < -0.4 is 5.56 Å². The van der Waals surface area contributed by atoms with Crippen LogP contribution in [0, 0.1) is 0 Å². The molecule has 0 radical (unpaired) electrons. The Balaban J connectivity index is 1.98. The quantitative estimate of drug-likeness (QED) is 0.796. The lowest BCUT2D eigenvalue weighted by Gasteiger charge is -2.25. The molecular weight excluding hydrogens is 258 g/mol. The van der Waals surface area contributed by atoms with Gasteiger partial charge in [0.25, 0.3) is 5.56 Å². The molecule has 2 aliphatic heterocycles. The van der Waals surface area contributed by atoms with Crippen molar-refractivity contribution in [3.8, 4) is 0 Å². The summed E-state index contributed by atoms with van der Waals surface area (Å²) in [5.41, 5.74) is 1.46. The van der Waals surface area contributed by atoms with Gasteiger partial charge >= 0.3 is 0 Å². The van der Waals surface area contributed by atoms with Gasteiger partial charge in [-0.25, -0.2) is 4.98 Å². The SMILES string of the molecule is CCN1CCc2sc3nc4n(c(=O)c3c2C1)CCC4. The molecule has 0 saturated heterocycles. The van der Waals surface area contributed by atoms with Gasteiger partial charge in [0, 0.05) is 30.9 Å². The number of hydrogen-bond acceptors (Lipinski definition) is 4. The Morgan fingerprint density at radius 3 is 3.05 bits per heavy atom. The fraction of sp³-hybridized carbons (Fsp3) is 0.571. The highest BCUT2D eigenvalue weighted by Gasteiger charge is 2.25. The standard InChI is InChI=1S/C14H17N3OS/c1-2-16-7-5-10-9(8-16)12-13(19-10)15-11-4-3-6-17(11)14(12)18/h2-8H2,1H3. The van der Waals surface area contributed by atoms with Gasteiger partial charge in [-0.1, -0.05) is 6.92 Å². The minimum atomic E-state index is 0.202. The Morgan fingerprint density at radius 2 is 2.21 bits per heavy atom.